The van der Waals surface area contributed by atoms with Crippen LogP contribution in [0.2, 0.25) is 0 Å². The molecule has 0 saturated carbocycles. The highest BCUT2D eigenvalue weighted by atomic mass is 19.3. The topological polar surface area (TPSA) is 102 Å². The zero-order chi connectivity index (χ0) is 23.9. The Morgan fingerprint density at radius 3 is 2.59 bits per heavy atom. The number of hydrogen-bond acceptors (Lipinski definition) is 8. The van der Waals surface area contributed by atoms with Crippen molar-refractivity contribution in [2.24, 2.45) is 0 Å². The number of rotatable bonds is 8. The summed E-state index contributed by atoms with van der Waals surface area (Å²) in [5.74, 6) is 0.622. The van der Waals surface area contributed by atoms with E-state index in [4.69, 9.17) is 4.74 Å². The average molecular weight is 470 g/mol. The van der Waals surface area contributed by atoms with E-state index in [0.29, 0.717) is 47.4 Å². The number of morpholine rings is 1. The van der Waals surface area contributed by atoms with Gasteiger partial charge in [-0.2, -0.15) is 8.78 Å². The molecule has 3 heterocycles. The van der Waals surface area contributed by atoms with Crippen molar-refractivity contribution < 1.29 is 23.0 Å². The Labute approximate surface area is 195 Å². The van der Waals surface area contributed by atoms with Crippen LogP contribution in [-0.2, 0) is 11.3 Å². The van der Waals surface area contributed by atoms with E-state index in [1.807, 2.05) is 4.90 Å². The van der Waals surface area contributed by atoms with Crippen LogP contribution in [0.25, 0.3) is 11.3 Å². The number of carbonyl (C=O) groups is 1. The lowest BCUT2D eigenvalue weighted by Gasteiger charge is -2.26. The quantitative estimate of drug-likeness (QED) is 0.518. The summed E-state index contributed by atoms with van der Waals surface area (Å²) in [5.41, 5.74) is 2.03. The molecule has 9 nitrogen and oxygen atoms in total. The Kier molecular flexibility index (Phi) is 7.43. The maximum atomic E-state index is 12.7. The summed E-state index contributed by atoms with van der Waals surface area (Å²) in [6.07, 6.45) is 3.35. The number of hydrogen-bond donors (Lipinski definition) is 2. The van der Waals surface area contributed by atoms with E-state index < -0.39 is 6.61 Å². The molecule has 0 bridgehead atoms. The molecule has 1 saturated heterocycles. The molecule has 1 amide bonds. The van der Waals surface area contributed by atoms with Gasteiger partial charge < -0.3 is 25.0 Å². The number of carbonyl (C=O) groups excluding carboxylic acids is 1. The van der Waals surface area contributed by atoms with Crippen molar-refractivity contribution in [2.75, 3.05) is 43.6 Å². The molecule has 178 valence electrons. The maximum absolute atomic E-state index is 12.7. The molecule has 1 fully saturated rings. The Bertz CT molecular complexity index is 1120. The Morgan fingerprint density at radius 1 is 1.15 bits per heavy atom. The van der Waals surface area contributed by atoms with Crippen LogP contribution >= 0.6 is 0 Å². The number of ether oxygens (including phenoxy) is 2. The molecule has 2 N–H and O–H groups in total. The van der Waals surface area contributed by atoms with Crippen LogP contribution in [0.15, 0.2) is 48.8 Å². The largest absolute Gasteiger partial charge is 0.434 e. The summed E-state index contributed by atoms with van der Waals surface area (Å²) in [7, 11) is 1.52. The molecule has 0 radical (unpaired) electrons. The molecular formula is C23H24F2N6O3. The van der Waals surface area contributed by atoms with E-state index in [1.54, 1.807) is 42.7 Å². The Morgan fingerprint density at radius 2 is 1.88 bits per heavy atom. The SMILES string of the molecule is CNC(=O)c1ccc(-c2cnc(N3CCOCC3)nc2)nc1NCc1ccccc1OC(F)F. The van der Waals surface area contributed by atoms with Gasteiger partial charge in [-0.15, -0.1) is 0 Å². The van der Waals surface area contributed by atoms with Gasteiger partial charge in [0.2, 0.25) is 5.95 Å². The fraction of sp³-hybridized carbons (Fsp3) is 0.304. The van der Waals surface area contributed by atoms with Crippen molar-refractivity contribution in [3.05, 3.63) is 59.9 Å². The van der Waals surface area contributed by atoms with E-state index in [-0.39, 0.29) is 18.2 Å². The lowest BCUT2D eigenvalue weighted by atomic mass is 10.1. The predicted octanol–water partition coefficient (Wildman–Crippen LogP) is 2.95. The van der Waals surface area contributed by atoms with Crippen LogP contribution in [0.5, 0.6) is 5.75 Å². The van der Waals surface area contributed by atoms with Crippen LogP contribution < -0.4 is 20.3 Å². The van der Waals surface area contributed by atoms with Crippen LogP contribution in [0.3, 0.4) is 0 Å². The van der Waals surface area contributed by atoms with E-state index in [2.05, 4.69) is 30.3 Å². The third-order valence-corrected chi connectivity index (χ3v) is 5.23. The van der Waals surface area contributed by atoms with Crippen molar-refractivity contribution in [3.63, 3.8) is 0 Å². The third-order valence-electron chi connectivity index (χ3n) is 5.23. The Hall–Kier alpha value is -3.86. The van der Waals surface area contributed by atoms with Gasteiger partial charge in [0.05, 0.1) is 24.5 Å². The predicted molar refractivity (Wildman–Crippen MR) is 122 cm³/mol. The minimum atomic E-state index is -2.94. The zero-order valence-corrected chi connectivity index (χ0v) is 18.5. The first kappa shape index (κ1) is 23.3. The molecule has 0 aliphatic carbocycles. The standard InChI is InChI=1S/C23H24F2N6O3/c1-26-21(32)17-6-7-18(16-13-28-23(29-14-16)31-8-10-33-11-9-31)30-20(17)27-12-15-4-2-3-5-19(15)34-22(24)25/h2-7,13-14,22H,8-12H2,1H3,(H,26,32)(H,27,30). The van der Waals surface area contributed by atoms with Gasteiger partial charge in [0.15, 0.2) is 0 Å². The van der Waals surface area contributed by atoms with Crippen molar-refractivity contribution in [1.82, 2.24) is 20.3 Å². The van der Waals surface area contributed by atoms with Gasteiger partial charge >= 0.3 is 6.61 Å². The minimum absolute atomic E-state index is 0.0507. The van der Waals surface area contributed by atoms with Gasteiger partial charge in [-0.1, -0.05) is 18.2 Å². The van der Waals surface area contributed by atoms with Crippen LogP contribution in [0, 0.1) is 0 Å². The van der Waals surface area contributed by atoms with E-state index in [0.717, 1.165) is 13.1 Å². The second-order valence-corrected chi connectivity index (χ2v) is 7.38. The number of benzene rings is 1. The van der Waals surface area contributed by atoms with Crippen molar-refractivity contribution in [3.8, 4) is 17.0 Å². The molecule has 0 unspecified atom stereocenters. The monoisotopic (exact) mass is 470 g/mol. The van der Waals surface area contributed by atoms with Gasteiger partial charge in [0, 0.05) is 50.2 Å². The lowest BCUT2D eigenvalue weighted by molar-refractivity contribution is -0.0504. The molecule has 1 aliphatic rings. The van der Waals surface area contributed by atoms with Crippen molar-refractivity contribution in [2.45, 2.75) is 13.2 Å². The molecule has 11 heteroatoms. The number of amides is 1. The summed E-state index contributed by atoms with van der Waals surface area (Å²) in [6.45, 7) is -0.102. The summed E-state index contributed by atoms with van der Waals surface area (Å²) in [5, 5.41) is 5.65. The number of nitrogens with one attached hydrogen (secondary N) is 2. The molecule has 1 aliphatic heterocycles. The van der Waals surface area contributed by atoms with Crippen LogP contribution in [0.4, 0.5) is 20.5 Å². The van der Waals surface area contributed by atoms with Gasteiger partial charge in [-0.05, 0) is 18.2 Å². The van der Waals surface area contributed by atoms with Crippen LogP contribution in [-0.4, -0.2) is 60.8 Å². The van der Waals surface area contributed by atoms with Gasteiger partial charge in [0.25, 0.3) is 5.91 Å². The van der Waals surface area contributed by atoms with E-state index in [1.165, 1.54) is 13.1 Å². The number of para-hydroxylation sites is 1. The maximum Gasteiger partial charge on any atom is 0.387 e. The molecule has 34 heavy (non-hydrogen) atoms. The zero-order valence-electron chi connectivity index (χ0n) is 18.5. The summed E-state index contributed by atoms with van der Waals surface area (Å²) < 4.78 is 35.4. The third kappa shape index (κ3) is 5.54. The minimum Gasteiger partial charge on any atom is -0.434 e. The summed E-state index contributed by atoms with van der Waals surface area (Å²) >= 11 is 0. The Balaban J connectivity index is 1.58. The van der Waals surface area contributed by atoms with Gasteiger partial charge in [-0.25, -0.2) is 15.0 Å². The number of aromatic nitrogens is 3. The second-order valence-electron chi connectivity index (χ2n) is 7.38. The lowest BCUT2D eigenvalue weighted by Crippen LogP contribution is -2.37. The van der Waals surface area contributed by atoms with Gasteiger partial charge in [0.1, 0.15) is 11.6 Å². The first-order valence-corrected chi connectivity index (χ1v) is 10.7. The highest BCUT2D eigenvalue weighted by Gasteiger charge is 2.17. The number of anilines is 2. The number of nitrogens with zero attached hydrogens (tertiary/aromatic N) is 4. The van der Waals surface area contributed by atoms with E-state index in [9.17, 15) is 13.6 Å². The number of halogens is 2. The summed E-state index contributed by atoms with van der Waals surface area (Å²) in [6, 6.07) is 9.78. The molecule has 1 aromatic carbocycles. The molecule has 2 aromatic heterocycles. The second kappa shape index (κ2) is 10.8. The smallest absolute Gasteiger partial charge is 0.387 e. The first-order chi connectivity index (χ1) is 16.5. The number of alkyl halides is 2. The van der Waals surface area contributed by atoms with Crippen molar-refractivity contribution >= 4 is 17.7 Å². The van der Waals surface area contributed by atoms with Crippen LogP contribution in [0.1, 0.15) is 15.9 Å². The molecule has 4 rings (SSSR count). The highest BCUT2D eigenvalue weighted by Crippen LogP contribution is 2.25. The highest BCUT2D eigenvalue weighted by molar-refractivity contribution is 5.99. The average Bonchev–Trinajstić information content (AvgIpc) is 2.88. The molecule has 0 atom stereocenters. The fourth-order valence-electron chi connectivity index (χ4n) is 3.49. The fourth-order valence-corrected chi connectivity index (χ4v) is 3.49. The van der Waals surface area contributed by atoms with Crippen molar-refractivity contribution in [1.29, 1.82) is 0 Å². The molecular weight excluding hydrogens is 446 g/mol. The van der Waals surface area contributed by atoms with E-state index >= 15 is 0 Å². The normalized spacial score (nSPS) is 13.6. The number of pyridine rings is 1. The van der Waals surface area contributed by atoms with Gasteiger partial charge in [-0.3, -0.25) is 4.79 Å². The molecule has 3 aromatic rings. The summed E-state index contributed by atoms with van der Waals surface area (Å²) in [4.78, 5) is 27.9. The molecule has 0 spiro atoms. The first-order valence-electron chi connectivity index (χ1n) is 10.7.